The van der Waals surface area contributed by atoms with Crippen molar-refractivity contribution in [2.75, 3.05) is 39.6 Å². The van der Waals surface area contributed by atoms with Gasteiger partial charge < -0.3 is 33.8 Å². The Hall–Kier alpha value is -2.46. The predicted octanol–water partition coefficient (Wildman–Crippen LogP) is 22.0. The van der Waals surface area contributed by atoms with Gasteiger partial charge >= 0.3 is 39.5 Å². The molecule has 0 bridgehead atoms. The highest BCUT2D eigenvalue weighted by Crippen LogP contribution is 2.45. The molecule has 0 amide bonds. The SMILES string of the molecule is CCCCCC/C=C\C=C/CCCCCCCC(=O)OC[C@H](COP(=O)(O)OC[C@@H](O)COP(=O)(O)OC[C@@H](COC(=O)CCCCCCCCCCC)OC(=O)CCCCCCCCCCCC(C)C)OC(=O)CCCCCCCCCCCCCCCCCCCCC. The lowest BCUT2D eigenvalue weighted by Crippen LogP contribution is -2.30. The summed E-state index contributed by atoms with van der Waals surface area (Å²) in [5.74, 6) is -1.41. The fourth-order valence-electron chi connectivity index (χ4n) is 11.2. The van der Waals surface area contributed by atoms with Gasteiger partial charge in [0, 0.05) is 25.7 Å². The number of aliphatic hydroxyl groups is 1. The Labute approximate surface area is 580 Å². The van der Waals surface area contributed by atoms with E-state index in [-0.39, 0.29) is 25.7 Å². The van der Waals surface area contributed by atoms with E-state index >= 15 is 0 Å². The van der Waals surface area contributed by atoms with E-state index in [9.17, 15) is 43.2 Å². The average molecular weight is 1390 g/mol. The van der Waals surface area contributed by atoms with Crippen molar-refractivity contribution in [2.24, 2.45) is 5.92 Å². The smallest absolute Gasteiger partial charge is 0.462 e. The van der Waals surface area contributed by atoms with E-state index in [4.69, 9.17) is 37.0 Å². The quantitative estimate of drug-likeness (QED) is 0.0169. The number of phosphoric acid groups is 2. The zero-order chi connectivity index (χ0) is 69.8. The number of aliphatic hydroxyl groups excluding tert-OH is 1. The van der Waals surface area contributed by atoms with Crippen molar-refractivity contribution in [3.05, 3.63) is 24.3 Å². The summed E-state index contributed by atoms with van der Waals surface area (Å²) in [6.07, 6.45) is 60.5. The molecule has 0 rings (SSSR count). The normalized spacial score (nSPS) is 14.1. The van der Waals surface area contributed by atoms with Crippen molar-refractivity contribution in [1.29, 1.82) is 0 Å². The van der Waals surface area contributed by atoms with E-state index in [2.05, 4.69) is 58.9 Å². The fraction of sp³-hybridized carbons (Fsp3) is 0.895. The van der Waals surface area contributed by atoms with Crippen LogP contribution < -0.4 is 0 Å². The van der Waals surface area contributed by atoms with Gasteiger partial charge in [0.1, 0.15) is 19.3 Å². The van der Waals surface area contributed by atoms with Crippen molar-refractivity contribution in [2.45, 2.75) is 393 Å². The molecule has 0 aromatic heterocycles. The van der Waals surface area contributed by atoms with Crippen LogP contribution in [0.1, 0.15) is 375 Å². The zero-order valence-corrected chi connectivity index (χ0v) is 63.1. The summed E-state index contributed by atoms with van der Waals surface area (Å²) in [5.41, 5.74) is 0. The van der Waals surface area contributed by atoms with Crippen LogP contribution in [-0.4, -0.2) is 96.7 Å². The molecule has 95 heavy (non-hydrogen) atoms. The van der Waals surface area contributed by atoms with Gasteiger partial charge in [-0.05, 0) is 57.3 Å². The van der Waals surface area contributed by atoms with E-state index in [0.29, 0.717) is 25.7 Å². The van der Waals surface area contributed by atoms with Crippen molar-refractivity contribution < 1.29 is 80.2 Å². The highest BCUT2D eigenvalue weighted by Gasteiger charge is 2.30. The largest absolute Gasteiger partial charge is 0.472 e. The standard InChI is InChI=1S/C76H144O17P2/c1-6-9-12-15-18-21-23-25-27-28-29-30-32-34-36-41-46-51-56-61-75(80)92-72(66-87-74(79)60-55-50-45-40-35-33-31-26-24-22-19-16-13-10-7-2)68-91-95(84,85)89-64-70(77)63-88-94(82,83)90-67-71(65-86-73(78)59-54-49-44-38-20-17-14-11-8-3)93-76(81)62-57-52-47-42-37-39-43-48-53-58-69(4)5/h22,24,26,31,69-72,77H,6-21,23,25,27-30,32-68H2,1-5H3,(H,82,83)(H,84,85)/b24-22-,31-26-/t70-,71+,72+/m0/s1. The van der Waals surface area contributed by atoms with Crippen molar-refractivity contribution in [1.82, 2.24) is 0 Å². The van der Waals surface area contributed by atoms with Gasteiger partial charge in [0.25, 0.3) is 0 Å². The summed E-state index contributed by atoms with van der Waals surface area (Å²) in [6, 6.07) is 0. The first-order valence-corrected chi connectivity index (χ1v) is 41.9. The molecule has 0 aliphatic carbocycles. The highest BCUT2D eigenvalue weighted by molar-refractivity contribution is 7.47. The van der Waals surface area contributed by atoms with Crippen LogP contribution in [-0.2, 0) is 65.4 Å². The van der Waals surface area contributed by atoms with Crippen molar-refractivity contribution >= 4 is 39.5 Å². The molecule has 0 aromatic carbocycles. The van der Waals surface area contributed by atoms with Gasteiger partial charge in [-0.2, -0.15) is 0 Å². The van der Waals surface area contributed by atoms with Crippen molar-refractivity contribution in [3.8, 4) is 0 Å². The van der Waals surface area contributed by atoms with Gasteiger partial charge in [-0.15, -0.1) is 0 Å². The Kier molecular flexibility index (Phi) is 66.9. The summed E-state index contributed by atoms with van der Waals surface area (Å²) < 4.78 is 68.4. The van der Waals surface area contributed by atoms with Crippen LogP contribution in [0.2, 0.25) is 0 Å². The van der Waals surface area contributed by atoms with Crippen LogP contribution in [0.25, 0.3) is 0 Å². The van der Waals surface area contributed by atoms with E-state index in [1.807, 2.05) is 0 Å². The minimum absolute atomic E-state index is 0.102. The lowest BCUT2D eigenvalue weighted by molar-refractivity contribution is -0.161. The Morgan fingerprint density at radius 1 is 0.326 bits per heavy atom. The van der Waals surface area contributed by atoms with Gasteiger partial charge in [0.15, 0.2) is 12.2 Å². The predicted molar refractivity (Wildman–Crippen MR) is 386 cm³/mol. The molecule has 0 spiro atoms. The molecule has 0 radical (unpaired) electrons. The van der Waals surface area contributed by atoms with Crippen LogP contribution in [0.4, 0.5) is 0 Å². The maximum absolute atomic E-state index is 13.1. The van der Waals surface area contributed by atoms with Crippen LogP contribution in [0.5, 0.6) is 0 Å². The number of phosphoric ester groups is 2. The van der Waals surface area contributed by atoms with Crippen LogP contribution in [0, 0.1) is 5.92 Å². The first-order valence-electron chi connectivity index (χ1n) is 39.0. The molecule has 560 valence electrons. The maximum Gasteiger partial charge on any atom is 0.472 e. The summed E-state index contributed by atoms with van der Waals surface area (Å²) in [7, 11) is -9.92. The molecule has 0 saturated carbocycles. The minimum Gasteiger partial charge on any atom is -0.462 e. The third kappa shape index (κ3) is 69.8. The number of hydrogen-bond donors (Lipinski definition) is 3. The molecular weight excluding hydrogens is 1250 g/mol. The van der Waals surface area contributed by atoms with Crippen LogP contribution in [0.15, 0.2) is 24.3 Å². The molecule has 0 aromatic rings. The number of esters is 4. The van der Waals surface area contributed by atoms with Crippen molar-refractivity contribution in [3.63, 3.8) is 0 Å². The molecule has 2 unspecified atom stereocenters. The fourth-order valence-corrected chi connectivity index (χ4v) is 12.7. The first-order chi connectivity index (χ1) is 46.0. The Balaban J connectivity index is 5.25. The summed E-state index contributed by atoms with van der Waals surface area (Å²) >= 11 is 0. The lowest BCUT2D eigenvalue weighted by Gasteiger charge is -2.21. The average Bonchev–Trinajstić information content (AvgIpc) is 3.76. The third-order valence-corrected chi connectivity index (χ3v) is 19.1. The topological polar surface area (TPSA) is 237 Å². The molecule has 0 aliphatic rings. The zero-order valence-electron chi connectivity index (χ0n) is 61.3. The molecule has 0 aliphatic heterocycles. The summed E-state index contributed by atoms with van der Waals surface area (Å²) in [4.78, 5) is 72.7. The molecular formula is C76H144O17P2. The number of unbranched alkanes of at least 4 members (excludes halogenated alkanes) is 43. The van der Waals surface area contributed by atoms with Crippen LogP contribution in [0.3, 0.4) is 0 Å². The minimum atomic E-state index is -4.96. The second-order valence-electron chi connectivity index (χ2n) is 27.2. The van der Waals surface area contributed by atoms with E-state index in [0.717, 1.165) is 115 Å². The maximum atomic E-state index is 13.1. The molecule has 5 atom stereocenters. The Morgan fingerprint density at radius 2 is 0.568 bits per heavy atom. The van der Waals surface area contributed by atoms with Gasteiger partial charge in [0.05, 0.1) is 26.4 Å². The second kappa shape index (κ2) is 68.7. The molecule has 0 saturated heterocycles. The second-order valence-corrected chi connectivity index (χ2v) is 30.1. The van der Waals surface area contributed by atoms with Gasteiger partial charge in [-0.3, -0.25) is 37.3 Å². The summed E-state index contributed by atoms with van der Waals surface area (Å²) in [5, 5.41) is 10.6. The monoisotopic (exact) mass is 1390 g/mol. The molecule has 17 nitrogen and oxygen atoms in total. The highest BCUT2D eigenvalue weighted by atomic mass is 31.2. The number of hydrogen-bond acceptors (Lipinski definition) is 15. The molecule has 3 N–H and O–H groups in total. The third-order valence-electron chi connectivity index (χ3n) is 17.2. The molecule has 0 heterocycles. The number of ether oxygens (including phenoxy) is 4. The number of rotatable bonds is 74. The molecule has 19 heteroatoms. The van der Waals surface area contributed by atoms with Gasteiger partial charge in [-0.25, -0.2) is 9.13 Å². The first kappa shape index (κ1) is 92.5. The number of carbonyl (C=O) groups excluding carboxylic acids is 4. The number of carbonyl (C=O) groups is 4. The van der Waals surface area contributed by atoms with E-state index < -0.39 is 97.5 Å². The van der Waals surface area contributed by atoms with Crippen LogP contribution >= 0.6 is 15.6 Å². The number of allylic oxidation sites excluding steroid dienone is 4. The van der Waals surface area contributed by atoms with Gasteiger partial charge in [-0.1, -0.05) is 322 Å². The Bertz CT molecular complexity index is 1920. The summed E-state index contributed by atoms with van der Waals surface area (Å²) in [6.45, 7) is 7.18. The molecule has 0 fully saturated rings. The van der Waals surface area contributed by atoms with E-state index in [1.165, 1.54) is 180 Å². The Morgan fingerprint density at radius 3 is 0.863 bits per heavy atom. The lowest BCUT2D eigenvalue weighted by atomic mass is 10.0. The van der Waals surface area contributed by atoms with Gasteiger partial charge in [0.2, 0.25) is 0 Å². The van der Waals surface area contributed by atoms with E-state index in [1.54, 1.807) is 0 Å².